The van der Waals surface area contributed by atoms with E-state index in [1.165, 1.54) is 7.11 Å². The highest BCUT2D eigenvalue weighted by molar-refractivity contribution is 7.70. The second kappa shape index (κ2) is 8.27. The first-order valence-corrected chi connectivity index (χ1v) is 10.7. The van der Waals surface area contributed by atoms with Gasteiger partial charge >= 0.3 is 5.97 Å². The van der Waals surface area contributed by atoms with Gasteiger partial charge in [0.2, 0.25) is 0 Å². The molecular formula is C18H19Cl2O4P. The number of aryl methyl sites for hydroxylation is 1. The van der Waals surface area contributed by atoms with Crippen molar-refractivity contribution >= 4 is 41.6 Å². The molecule has 2 aromatic rings. The minimum atomic E-state index is -2.58. The molecule has 0 fully saturated rings. The number of esters is 1. The Morgan fingerprint density at radius 2 is 1.76 bits per heavy atom. The standard InChI is InChI=1S/C18H19Cl2O4P/c1-23-13-5-4-6-14(11-13)25(3,22)8-7-12-9-15(19)17(16(20)10-12)18(21)24-2/h4-6,9-11H,7-8H2,1-3H3/t25-/m1/s1. The van der Waals surface area contributed by atoms with Gasteiger partial charge in [-0.1, -0.05) is 35.3 Å². The minimum Gasteiger partial charge on any atom is -0.497 e. The average molecular weight is 401 g/mol. The van der Waals surface area contributed by atoms with Crippen LogP contribution in [0, 0.1) is 0 Å². The largest absolute Gasteiger partial charge is 0.497 e. The minimum absolute atomic E-state index is 0.141. The molecule has 7 heteroatoms. The Hall–Kier alpha value is -1.48. The lowest BCUT2D eigenvalue weighted by Gasteiger charge is -2.15. The molecule has 4 nitrogen and oxygen atoms in total. The fourth-order valence-electron chi connectivity index (χ4n) is 2.44. The summed E-state index contributed by atoms with van der Waals surface area (Å²) in [5.74, 6) is 0.0900. The Kier molecular flexibility index (Phi) is 6.56. The van der Waals surface area contributed by atoms with E-state index in [1.807, 2.05) is 18.2 Å². The second-order valence-corrected chi connectivity index (χ2v) is 9.68. The summed E-state index contributed by atoms with van der Waals surface area (Å²) >= 11 is 12.3. The van der Waals surface area contributed by atoms with E-state index < -0.39 is 13.1 Å². The van der Waals surface area contributed by atoms with Crippen LogP contribution in [0.3, 0.4) is 0 Å². The lowest BCUT2D eigenvalue weighted by atomic mass is 10.1. The van der Waals surface area contributed by atoms with Gasteiger partial charge in [0.15, 0.2) is 0 Å². The van der Waals surface area contributed by atoms with Crippen LogP contribution in [0.25, 0.3) is 0 Å². The predicted molar refractivity (Wildman–Crippen MR) is 103 cm³/mol. The van der Waals surface area contributed by atoms with Crippen molar-refractivity contribution < 1.29 is 18.8 Å². The van der Waals surface area contributed by atoms with Crippen molar-refractivity contribution in [3.8, 4) is 5.75 Å². The number of carbonyl (C=O) groups is 1. The maximum Gasteiger partial charge on any atom is 0.340 e. The number of hydrogen-bond donors (Lipinski definition) is 0. The smallest absolute Gasteiger partial charge is 0.340 e. The van der Waals surface area contributed by atoms with Gasteiger partial charge in [-0.25, -0.2) is 4.79 Å². The zero-order chi connectivity index (χ0) is 18.6. The molecule has 0 radical (unpaired) electrons. The van der Waals surface area contributed by atoms with E-state index in [-0.39, 0.29) is 15.6 Å². The van der Waals surface area contributed by atoms with Crippen LogP contribution in [0.5, 0.6) is 5.75 Å². The summed E-state index contributed by atoms with van der Waals surface area (Å²) < 4.78 is 22.9. The molecule has 0 unspecified atom stereocenters. The number of rotatable bonds is 6. The molecule has 0 aliphatic rings. The molecule has 0 spiro atoms. The Bertz CT molecular complexity index is 813. The zero-order valence-corrected chi connectivity index (χ0v) is 16.6. The Balaban J connectivity index is 2.20. The number of ether oxygens (including phenoxy) is 2. The maximum absolute atomic E-state index is 13.1. The van der Waals surface area contributed by atoms with Crippen LogP contribution in [0.2, 0.25) is 10.0 Å². The first kappa shape index (κ1) is 19.8. The second-order valence-electron chi connectivity index (χ2n) is 5.70. The van der Waals surface area contributed by atoms with E-state index >= 15 is 0 Å². The maximum atomic E-state index is 13.1. The third-order valence-electron chi connectivity index (χ3n) is 3.92. The summed E-state index contributed by atoms with van der Waals surface area (Å²) in [5, 5.41) is 1.21. The van der Waals surface area contributed by atoms with Gasteiger partial charge in [-0.3, -0.25) is 0 Å². The summed E-state index contributed by atoms with van der Waals surface area (Å²) in [7, 11) is 0.269. The predicted octanol–water partition coefficient (Wildman–Crippen LogP) is 4.65. The van der Waals surface area contributed by atoms with Crippen molar-refractivity contribution in [2.45, 2.75) is 6.42 Å². The molecule has 134 valence electrons. The van der Waals surface area contributed by atoms with E-state index in [9.17, 15) is 9.36 Å². The quantitative estimate of drug-likeness (QED) is 0.523. The van der Waals surface area contributed by atoms with Crippen LogP contribution in [-0.2, 0) is 15.7 Å². The summed E-state index contributed by atoms with van der Waals surface area (Å²) in [5.41, 5.74) is 0.953. The van der Waals surface area contributed by atoms with Crippen LogP contribution in [-0.4, -0.2) is 33.0 Å². The van der Waals surface area contributed by atoms with Gasteiger partial charge in [0.1, 0.15) is 12.9 Å². The van der Waals surface area contributed by atoms with Crippen LogP contribution in [0.1, 0.15) is 15.9 Å². The van der Waals surface area contributed by atoms with Crippen molar-refractivity contribution in [2.75, 3.05) is 27.0 Å². The fraction of sp³-hybridized carbons (Fsp3) is 0.278. The molecule has 1 atom stereocenters. The topological polar surface area (TPSA) is 52.6 Å². The average Bonchev–Trinajstić information content (AvgIpc) is 2.59. The zero-order valence-electron chi connectivity index (χ0n) is 14.2. The molecule has 0 heterocycles. The molecule has 0 bridgehead atoms. The lowest BCUT2D eigenvalue weighted by molar-refractivity contribution is 0.0601. The van der Waals surface area contributed by atoms with Crippen LogP contribution < -0.4 is 10.0 Å². The first-order chi connectivity index (χ1) is 11.8. The van der Waals surface area contributed by atoms with Crippen LogP contribution in [0.4, 0.5) is 0 Å². The third-order valence-corrected chi connectivity index (χ3v) is 6.96. The van der Waals surface area contributed by atoms with Gasteiger partial charge in [0.05, 0.1) is 29.8 Å². The van der Waals surface area contributed by atoms with Gasteiger partial charge in [0, 0.05) is 11.5 Å². The molecule has 0 aliphatic carbocycles. The number of hydrogen-bond acceptors (Lipinski definition) is 4. The van der Waals surface area contributed by atoms with E-state index in [0.29, 0.717) is 18.3 Å². The normalized spacial score (nSPS) is 13.2. The van der Waals surface area contributed by atoms with Crippen molar-refractivity contribution in [3.05, 3.63) is 57.6 Å². The third kappa shape index (κ3) is 4.78. The lowest BCUT2D eigenvalue weighted by Crippen LogP contribution is -2.09. The van der Waals surface area contributed by atoms with E-state index in [0.717, 1.165) is 10.9 Å². The van der Waals surface area contributed by atoms with Gasteiger partial charge in [-0.05, 0) is 42.9 Å². The summed E-state index contributed by atoms with van der Waals surface area (Å²) in [4.78, 5) is 11.7. The van der Waals surface area contributed by atoms with Gasteiger partial charge in [0.25, 0.3) is 0 Å². The van der Waals surface area contributed by atoms with Crippen molar-refractivity contribution in [1.82, 2.24) is 0 Å². The summed E-state index contributed by atoms with van der Waals surface area (Å²) in [6, 6.07) is 10.6. The summed E-state index contributed by atoms with van der Waals surface area (Å²) in [6.07, 6.45) is 0.969. The molecule has 0 aromatic heterocycles. The molecule has 0 N–H and O–H groups in total. The summed E-state index contributed by atoms with van der Waals surface area (Å²) in [6.45, 7) is 1.74. The van der Waals surface area contributed by atoms with Gasteiger partial charge in [-0.2, -0.15) is 0 Å². The Morgan fingerprint density at radius 3 is 2.32 bits per heavy atom. The van der Waals surface area contributed by atoms with E-state index in [2.05, 4.69) is 4.74 Å². The van der Waals surface area contributed by atoms with Crippen molar-refractivity contribution in [3.63, 3.8) is 0 Å². The highest BCUT2D eigenvalue weighted by atomic mass is 35.5. The molecule has 0 amide bonds. The van der Waals surface area contributed by atoms with Gasteiger partial charge in [-0.15, -0.1) is 0 Å². The Labute approximate surface area is 157 Å². The molecule has 25 heavy (non-hydrogen) atoms. The molecule has 2 rings (SSSR count). The van der Waals surface area contributed by atoms with Crippen LogP contribution in [0.15, 0.2) is 36.4 Å². The SMILES string of the molecule is COC(=O)c1c(Cl)cc(CC[P@@](C)(=O)c2cccc(OC)c2)cc1Cl. The van der Waals surface area contributed by atoms with Crippen LogP contribution >= 0.6 is 30.3 Å². The number of halogens is 2. The molecule has 0 saturated heterocycles. The highest BCUT2D eigenvalue weighted by Gasteiger charge is 2.21. The number of benzene rings is 2. The molecule has 2 aromatic carbocycles. The van der Waals surface area contributed by atoms with E-state index in [4.69, 9.17) is 27.9 Å². The van der Waals surface area contributed by atoms with Crippen molar-refractivity contribution in [2.24, 2.45) is 0 Å². The van der Waals surface area contributed by atoms with Crippen molar-refractivity contribution in [1.29, 1.82) is 0 Å². The molecule has 0 saturated carbocycles. The molecular weight excluding hydrogens is 382 g/mol. The monoisotopic (exact) mass is 400 g/mol. The first-order valence-electron chi connectivity index (χ1n) is 7.56. The fourth-order valence-corrected chi connectivity index (χ4v) is 4.87. The van der Waals surface area contributed by atoms with Gasteiger partial charge < -0.3 is 14.0 Å². The highest BCUT2D eigenvalue weighted by Crippen LogP contribution is 2.41. The number of carbonyl (C=O) groups excluding carboxylic acids is 1. The number of methoxy groups -OCH3 is 2. The van der Waals surface area contributed by atoms with E-state index in [1.54, 1.807) is 32.0 Å². The Morgan fingerprint density at radius 1 is 1.12 bits per heavy atom. The molecule has 0 aliphatic heterocycles.